The third-order valence-electron chi connectivity index (χ3n) is 3.43. The predicted octanol–water partition coefficient (Wildman–Crippen LogP) is 2.24. The number of nitrogens with zero attached hydrogens (tertiary/aromatic N) is 4. The van der Waals surface area contributed by atoms with Crippen molar-refractivity contribution < 1.29 is 14.6 Å². The van der Waals surface area contributed by atoms with Gasteiger partial charge in [0.1, 0.15) is 12.7 Å². The summed E-state index contributed by atoms with van der Waals surface area (Å²) in [6.07, 6.45) is 1.82. The first-order valence-corrected chi connectivity index (χ1v) is 7.03. The minimum absolute atomic E-state index is 0.295. The van der Waals surface area contributed by atoms with Crippen LogP contribution in [0.25, 0.3) is 11.4 Å². The highest BCUT2D eigenvalue weighted by Gasteiger charge is 2.29. The molecule has 1 saturated heterocycles. The van der Waals surface area contributed by atoms with Crippen LogP contribution in [-0.2, 0) is 4.74 Å². The molecule has 1 aromatic carbocycles. The summed E-state index contributed by atoms with van der Waals surface area (Å²) in [5.41, 5.74) is 1.46. The molecule has 1 fully saturated rings. The van der Waals surface area contributed by atoms with Crippen LogP contribution in [0.15, 0.2) is 30.9 Å². The standard InChI is InChI=1S/C14H13ClN4O3/c15-11-4-9(12-6-22-2-1-19(12)14(20)21)3-10(5-11)13-17-7-16-8-18-13/h3-5,7-8,12H,1-2,6H2,(H,20,21)/t12-/m0/s1. The van der Waals surface area contributed by atoms with Crippen molar-refractivity contribution in [1.82, 2.24) is 19.9 Å². The van der Waals surface area contributed by atoms with Crippen LogP contribution in [0, 0.1) is 0 Å². The maximum atomic E-state index is 11.4. The highest BCUT2D eigenvalue weighted by Crippen LogP contribution is 2.30. The zero-order valence-electron chi connectivity index (χ0n) is 11.5. The van der Waals surface area contributed by atoms with Crippen LogP contribution < -0.4 is 0 Å². The lowest BCUT2D eigenvalue weighted by atomic mass is 10.0. The average molecular weight is 321 g/mol. The minimum Gasteiger partial charge on any atom is -0.465 e. The summed E-state index contributed by atoms with van der Waals surface area (Å²) in [4.78, 5) is 24.7. The third-order valence-corrected chi connectivity index (χ3v) is 3.65. The van der Waals surface area contributed by atoms with Crippen LogP contribution in [0.3, 0.4) is 0 Å². The van der Waals surface area contributed by atoms with Crippen molar-refractivity contribution in [1.29, 1.82) is 0 Å². The number of amides is 1. The fraction of sp³-hybridized carbons (Fsp3) is 0.286. The Morgan fingerprint density at radius 2 is 2.09 bits per heavy atom. The molecule has 0 saturated carbocycles. The number of benzene rings is 1. The molecule has 7 nitrogen and oxygen atoms in total. The van der Waals surface area contributed by atoms with E-state index in [-0.39, 0.29) is 0 Å². The normalized spacial score (nSPS) is 18.2. The molecular formula is C14H13ClN4O3. The van der Waals surface area contributed by atoms with Crippen molar-refractivity contribution in [3.8, 4) is 11.4 Å². The second-order valence-electron chi connectivity index (χ2n) is 4.80. The summed E-state index contributed by atoms with van der Waals surface area (Å²) in [5.74, 6) is 0.484. The number of carbonyl (C=O) groups is 1. The third kappa shape index (κ3) is 3.00. The first kappa shape index (κ1) is 14.7. The molecule has 2 aromatic rings. The summed E-state index contributed by atoms with van der Waals surface area (Å²) < 4.78 is 5.41. The van der Waals surface area contributed by atoms with Crippen molar-refractivity contribution >= 4 is 17.7 Å². The van der Waals surface area contributed by atoms with Gasteiger partial charge in [-0.05, 0) is 23.8 Å². The van der Waals surface area contributed by atoms with E-state index in [0.29, 0.717) is 36.2 Å². The lowest BCUT2D eigenvalue weighted by molar-refractivity contribution is -0.000880. The topological polar surface area (TPSA) is 88.4 Å². The molecule has 8 heteroatoms. The molecule has 0 radical (unpaired) electrons. The van der Waals surface area contributed by atoms with Gasteiger partial charge in [0.15, 0.2) is 5.82 Å². The van der Waals surface area contributed by atoms with Crippen molar-refractivity contribution in [3.63, 3.8) is 0 Å². The molecule has 1 aliphatic rings. The number of carboxylic acid groups (broad SMARTS) is 1. The first-order valence-electron chi connectivity index (χ1n) is 6.65. The number of hydrogen-bond donors (Lipinski definition) is 1. The van der Waals surface area contributed by atoms with Crippen molar-refractivity contribution in [2.75, 3.05) is 19.8 Å². The van der Waals surface area contributed by atoms with Gasteiger partial charge in [-0.3, -0.25) is 4.90 Å². The van der Waals surface area contributed by atoms with Crippen LogP contribution in [0.5, 0.6) is 0 Å². The lowest BCUT2D eigenvalue weighted by Gasteiger charge is -2.33. The maximum Gasteiger partial charge on any atom is 0.407 e. The molecule has 1 amide bonds. The Balaban J connectivity index is 2.00. The van der Waals surface area contributed by atoms with E-state index in [2.05, 4.69) is 15.0 Å². The molecule has 0 aliphatic carbocycles. The summed E-state index contributed by atoms with van der Waals surface area (Å²) >= 11 is 6.17. The number of ether oxygens (including phenoxy) is 1. The molecule has 0 unspecified atom stereocenters. The average Bonchev–Trinajstić information content (AvgIpc) is 2.55. The maximum absolute atomic E-state index is 11.4. The highest BCUT2D eigenvalue weighted by atomic mass is 35.5. The van der Waals surface area contributed by atoms with E-state index < -0.39 is 12.1 Å². The van der Waals surface area contributed by atoms with Crippen molar-refractivity contribution in [2.45, 2.75) is 6.04 Å². The van der Waals surface area contributed by atoms with E-state index in [9.17, 15) is 9.90 Å². The number of aromatic nitrogens is 3. The second kappa shape index (κ2) is 6.25. The van der Waals surface area contributed by atoms with Crippen LogP contribution in [0.4, 0.5) is 4.79 Å². The van der Waals surface area contributed by atoms with Gasteiger partial charge < -0.3 is 9.84 Å². The number of morpholine rings is 1. The Kier molecular flexibility index (Phi) is 4.17. The predicted molar refractivity (Wildman–Crippen MR) is 78.6 cm³/mol. The first-order chi connectivity index (χ1) is 10.6. The fourth-order valence-corrected chi connectivity index (χ4v) is 2.67. The van der Waals surface area contributed by atoms with E-state index in [1.807, 2.05) is 6.07 Å². The molecular weight excluding hydrogens is 308 g/mol. The van der Waals surface area contributed by atoms with Crippen LogP contribution >= 0.6 is 11.6 Å². The smallest absolute Gasteiger partial charge is 0.407 e. The van der Waals surface area contributed by atoms with Gasteiger partial charge in [-0.25, -0.2) is 19.7 Å². The van der Waals surface area contributed by atoms with Crippen molar-refractivity contribution in [2.24, 2.45) is 0 Å². The molecule has 1 aliphatic heterocycles. The van der Waals surface area contributed by atoms with Crippen LogP contribution in [-0.4, -0.2) is 50.8 Å². The summed E-state index contributed by atoms with van der Waals surface area (Å²) in [5, 5.41) is 9.82. The molecule has 22 heavy (non-hydrogen) atoms. The van der Waals surface area contributed by atoms with Gasteiger partial charge >= 0.3 is 6.09 Å². The quantitative estimate of drug-likeness (QED) is 0.913. The van der Waals surface area contributed by atoms with Crippen LogP contribution in [0.2, 0.25) is 5.02 Å². The Bertz CT molecular complexity index is 683. The number of halogens is 1. The van der Waals surface area contributed by atoms with Gasteiger partial charge in [0.2, 0.25) is 0 Å². The van der Waals surface area contributed by atoms with Crippen molar-refractivity contribution in [3.05, 3.63) is 41.4 Å². The molecule has 1 aromatic heterocycles. The van der Waals surface area contributed by atoms with Gasteiger partial charge in [-0.15, -0.1) is 0 Å². The summed E-state index contributed by atoms with van der Waals surface area (Å²) in [6, 6.07) is 4.90. The monoisotopic (exact) mass is 320 g/mol. The van der Waals surface area contributed by atoms with E-state index in [0.717, 1.165) is 5.56 Å². The van der Waals surface area contributed by atoms with Crippen LogP contribution in [0.1, 0.15) is 11.6 Å². The Labute approximate surface area is 131 Å². The Hall–Kier alpha value is -2.25. The van der Waals surface area contributed by atoms with E-state index >= 15 is 0 Å². The Morgan fingerprint density at radius 3 is 2.82 bits per heavy atom. The SMILES string of the molecule is O=C(O)N1CCOC[C@H]1c1cc(Cl)cc(-c2ncncn2)c1. The molecule has 2 heterocycles. The van der Waals surface area contributed by atoms with E-state index in [1.54, 1.807) is 12.1 Å². The molecule has 114 valence electrons. The second-order valence-corrected chi connectivity index (χ2v) is 5.24. The van der Waals surface area contributed by atoms with E-state index in [1.165, 1.54) is 17.6 Å². The minimum atomic E-state index is -0.977. The molecule has 0 bridgehead atoms. The zero-order chi connectivity index (χ0) is 15.5. The molecule has 0 spiro atoms. The van der Waals surface area contributed by atoms with Gasteiger partial charge in [0.05, 0.1) is 19.3 Å². The van der Waals surface area contributed by atoms with Gasteiger partial charge in [0, 0.05) is 17.1 Å². The van der Waals surface area contributed by atoms with Gasteiger partial charge in [0.25, 0.3) is 0 Å². The summed E-state index contributed by atoms with van der Waals surface area (Å²) in [7, 11) is 0. The Morgan fingerprint density at radius 1 is 1.32 bits per heavy atom. The molecule has 1 atom stereocenters. The largest absolute Gasteiger partial charge is 0.465 e. The highest BCUT2D eigenvalue weighted by molar-refractivity contribution is 6.30. The molecule has 3 rings (SSSR count). The zero-order valence-corrected chi connectivity index (χ0v) is 12.3. The fourth-order valence-electron chi connectivity index (χ4n) is 2.43. The number of rotatable bonds is 2. The lowest BCUT2D eigenvalue weighted by Crippen LogP contribution is -2.42. The van der Waals surface area contributed by atoms with Gasteiger partial charge in [-0.2, -0.15) is 0 Å². The number of hydrogen-bond acceptors (Lipinski definition) is 5. The van der Waals surface area contributed by atoms with E-state index in [4.69, 9.17) is 16.3 Å². The molecule has 1 N–H and O–H groups in total. The van der Waals surface area contributed by atoms with Gasteiger partial charge in [-0.1, -0.05) is 11.6 Å². The summed E-state index contributed by atoms with van der Waals surface area (Å²) in [6.45, 7) is 1.01.